The van der Waals surface area contributed by atoms with Gasteiger partial charge in [0.25, 0.3) is 15.9 Å². The summed E-state index contributed by atoms with van der Waals surface area (Å²) in [5.74, 6) is -0.134. The van der Waals surface area contributed by atoms with Crippen LogP contribution in [-0.4, -0.2) is 26.4 Å². The molecule has 1 aliphatic heterocycles. The van der Waals surface area contributed by atoms with Crippen molar-refractivity contribution in [3.8, 4) is 0 Å². The molecule has 0 fully saturated rings. The first-order valence-electron chi connectivity index (χ1n) is 10.9. The Morgan fingerprint density at radius 3 is 2.38 bits per heavy atom. The zero-order valence-corrected chi connectivity index (χ0v) is 19.2. The highest BCUT2D eigenvalue weighted by atomic mass is 32.2. The lowest BCUT2D eigenvalue weighted by Gasteiger charge is -2.24. The average molecular weight is 449 g/mol. The number of nitrogens with one attached hydrogen (secondary N) is 1. The first kappa shape index (κ1) is 22.1. The monoisotopic (exact) mass is 448 g/mol. The van der Waals surface area contributed by atoms with Gasteiger partial charge in [-0.05, 0) is 74.6 Å². The Labute approximate surface area is 190 Å². The summed E-state index contributed by atoms with van der Waals surface area (Å²) < 4.78 is 27.9. The first-order chi connectivity index (χ1) is 15.4. The molecule has 0 aromatic heterocycles. The molecule has 0 radical (unpaired) electrons. The topological polar surface area (TPSA) is 66.5 Å². The fourth-order valence-electron chi connectivity index (χ4n) is 4.22. The molecule has 4 rings (SSSR count). The van der Waals surface area contributed by atoms with Gasteiger partial charge in [0.15, 0.2) is 0 Å². The van der Waals surface area contributed by atoms with Crippen LogP contribution in [0.5, 0.6) is 0 Å². The molecular weight excluding hydrogens is 420 g/mol. The molecular formula is C26H28N2O3S. The van der Waals surface area contributed by atoms with Crippen molar-refractivity contribution in [3.63, 3.8) is 0 Å². The van der Waals surface area contributed by atoms with Crippen LogP contribution in [-0.2, 0) is 22.9 Å². The zero-order valence-electron chi connectivity index (χ0n) is 18.4. The van der Waals surface area contributed by atoms with Crippen molar-refractivity contribution < 1.29 is 13.2 Å². The lowest BCUT2D eigenvalue weighted by Crippen LogP contribution is -2.35. The van der Waals surface area contributed by atoms with Crippen LogP contribution in [0.2, 0.25) is 0 Å². The molecule has 166 valence electrons. The number of sulfonamides is 1. The number of hydrogen-bond donors (Lipinski definition) is 1. The summed E-state index contributed by atoms with van der Waals surface area (Å²) in [4.78, 5) is 13.1. The van der Waals surface area contributed by atoms with Gasteiger partial charge >= 0.3 is 0 Å². The minimum Gasteiger partial charge on any atom is -0.350 e. The van der Waals surface area contributed by atoms with E-state index in [1.807, 2.05) is 38.1 Å². The molecule has 2 atom stereocenters. The SMILES string of the molecule is C[C@H](CCc1ccccc1)NC(=O)c1ccc2c(c1)C[C@H](C)N2S(=O)(=O)c1ccccc1. The van der Waals surface area contributed by atoms with E-state index in [0.29, 0.717) is 17.7 Å². The van der Waals surface area contributed by atoms with Crippen LogP contribution >= 0.6 is 0 Å². The predicted molar refractivity (Wildman–Crippen MR) is 127 cm³/mol. The molecule has 1 aliphatic rings. The van der Waals surface area contributed by atoms with E-state index in [4.69, 9.17) is 0 Å². The first-order valence-corrected chi connectivity index (χ1v) is 12.4. The van der Waals surface area contributed by atoms with Crippen LogP contribution in [0.3, 0.4) is 0 Å². The third-order valence-electron chi connectivity index (χ3n) is 5.88. The van der Waals surface area contributed by atoms with E-state index in [9.17, 15) is 13.2 Å². The van der Waals surface area contributed by atoms with E-state index in [-0.39, 0.29) is 22.9 Å². The van der Waals surface area contributed by atoms with E-state index in [2.05, 4.69) is 17.4 Å². The molecule has 0 saturated carbocycles. The molecule has 32 heavy (non-hydrogen) atoms. The summed E-state index contributed by atoms with van der Waals surface area (Å²) in [6, 6.07) is 23.8. The van der Waals surface area contributed by atoms with Crippen LogP contribution in [0, 0.1) is 0 Å². The van der Waals surface area contributed by atoms with Crippen LogP contribution in [0.1, 0.15) is 41.8 Å². The molecule has 5 nitrogen and oxygen atoms in total. The van der Waals surface area contributed by atoms with Gasteiger partial charge in [-0.2, -0.15) is 0 Å². The molecule has 0 bridgehead atoms. The third-order valence-corrected chi connectivity index (χ3v) is 7.82. The molecule has 0 saturated heterocycles. The lowest BCUT2D eigenvalue weighted by molar-refractivity contribution is 0.0938. The Balaban J connectivity index is 1.47. The van der Waals surface area contributed by atoms with Gasteiger partial charge in [-0.3, -0.25) is 9.10 Å². The predicted octanol–water partition coefficient (Wildman–Crippen LogP) is 4.58. The Kier molecular flexibility index (Phi) is 6.33. The maximum absolute atomic E-state index is 13.2. The van der Waals surface area contributed by atoms with Crippen molar-refractivity contribution in [2.24, 2.45) is 0 Å². The summed E-state index contributed by atoms with van der Waals surface area (Å²) in [6.45, 7) is 3.90. The molecule has 0 aliphatic carbocycles. The molecule has 0 spiro atoms. The normalized spacial score (nSPS) is 16.4. The molecule has 6 heteroatoms. The van der Waals surface area contributed by atoms with Crippen molar-refractivity contribution in [1.29, 1.82) is 0 Å². The van der Waals surface area contributed by atoms with Crippen LogP contribution in [0.25, 0.3) is 0 Å². The van der Waals surface area contributed by atoms with E-state index in [0.717, 1.165) is 18.4 Å². The summed E-state index contributed by atoms with van der Waals surface area (Å²) in [5, 5.41) is 3.07. The number of fused-ring (bicyclic) bond motifs is 1. The third kappa shape index (κ3) is 4.55. The highest BCUT2D eigenvalue weighted by molar-refractivity contribution is 7.92. The van der Waals surface area contributed by atoms with Crippen molar-refractivity contribution in [1.82, 2.24) is 5.32 Å². The number of carbonyl (C=O) groups is 1. The van der Waals surface area contributed by atoms with Gasteiger partial charge in [-0.15, -0.1) is 0 Å². The van der Waals surface area contributed by atoms with E-state index in [1.54, 1.807) is 42.5 Å². The average Bonchev–Trinajstić information content (AvgIpc) is 3.14. The van der Waals surface area contributed by atoms with Crippen LogP contribution < -0.4 is 9.62 Å². The highest BCUT2D eigenvalue weighted by Gasteiger charge is 2.36. The van der Waals surface area contributed by atoms with Gasteiger partial charge < -0.3 is 5.32 Å². The molecule has 0 unspecified atom stereocenters. The second kappa shape index (κ2) is 9.17. The molecule has 1 amide bonds. The van der Waals surface area contributed by atoms with Crippen LogP contribution in [0.4, 0.5) is 5.69 Å². The number of carbonyl (C=O) groups excluding carboxylic acids is 1. The number of aryl methyl sites for hydroxylation is 1. The molecule has 1 heterocycles. The quantitative estimate of drug-likeness (QED) is 0.575. The Morgan fingerprint density at radius 2 is 1.69 bits per heavy atom. The van der Waals surface area contributed by atoms with Gasteiger partial charge in [-0.1, -0.05) is 48.5 Å². The Bertz CT molecular complexity index is 1190. The Morgan fingerprint density at radius 1 is 1.03 bits per heavy atom. The number of amides is 1. The number of hydrogen-bond acceptors (Lipinski definition) is 3. The van der Waals surface area contributed by atoms with Crippen LogP contribution in [0.15, 0.2) is 83.8 Å². The smallest absolute Gasteiger partial charge is 0.264 e. The van der Waals surface area contributed by atoms with Crippen molar-refractivity contribution in [3.05, 3.63) is 95.6 Å². The summed E-state index contributed by atoms with van der Waals surface area (Å²) >= 11 is 0. The Hall–Kier alpha value is -3.12. The summed E-state index contributed by atoms with van der Waals surface area (Å²) in [6.07, 6.45) is 2.32. The second-order valence-electron chi connectivity index (χ2n) is 8.41. The standard InChI is InChI=1S/C26H28N2O3S/c1-19(13-14-21-9-5-3-6-10-21)27-26(29)22-15-16-25-23(18-22)17-20(2)28(25)32(30,31)24-11-7-4-8-12-24/h3-12,15-16,18-20H,13-14,17H2,1-2H3,(H,27,29)/t19-,20+/m1/s1. The minimum atomic E-state index is -3.65. The fraction of sp³-hybridized carbons (Fsp3) is 0.269. The van der Waals surface area contributed by atoms with E-state index in [1.165, 1.54) is 9.87 Å². The van der Waals surface area contributed by atoms with Crippen molar-refractivity contribution in [2.75, 3.05) is 4.31 Å². The summed E-state index contributed by atoms with van der Waals surface area (Å²) in [7, 11) is -3.65. The molecule has 3 aromatic carbocycles. The maximum atomic E-state index is 13.2. The van der Waals surface area contributed by atoms with Crippen molar-refractivity contribution >= 4 is 21.6 Å². The van der Waals surface area contributed by atoms with E-state index < -0.39 is 10.0 Å². The lowest BCUT2D eigenvalue weighted by atomic mass is 10.0. The fourth-order valence-corrected chi connectivity index (χ4v) is 5.94. The van der Waals surface area contributed by atoms with Gasteiger partial charge in [0.05, 0.1) is 10.6 Å². The molecule has 1 N–H and O–H groups in total. The number of rotatable bonds is 7. The van der Waals surface area contributed by atoms with Gasteiger partial charge in [0.1, 0.15) is 0 Å². The van der Waals surface area contributed by atoms with E-state index >= 15 is 0 Å². The van der Waals surface area contributed by atoms with Gasteiger partial charge in [0.2, 0.25) is 0 Å². The maximum Gasteiger partial charge on any atom is 0.264 e. The zero-order chi connectivity index (χ0) is 22.7. The summed E-state index contributed by atoms with van der Waals surface area (Å²) in [5.41, 5.74) is 3.33. The number of nitrogens with zero attached hydrogens (tertiary/aromatic N) is 1. The minimum absolute atomic E-state index is 0.0323. The largest absolute Gasteiger partial charge is 0.350 e. The second-order valence-corrected chi connectivity index (χ2v) is 10.2. The number of anilines is 1. The van der Waals surface area contributed by atoms with Gasteiger partial charge in [0, 0.05) is 17.6 Å². The number of benzene rings is 3. The van der Waals surface area contributed by atoms with Crippen molar-refractivity contribution in [2.45, 2.75) is 50.1 Å². The molecule has 3 aromatic rings. The highest BCUT2D eigenvalue weighted by Crippen LogP contribution is 2.37. The van der Waals surface area contributed by atoms with Gasteiger partial charge in [-0.25, -0.2) is 8.42 Å².